The van der Waals surface area contributed by atoms with Crippen LogP contribution in [0.4, 0.5) is 5.69 Å². The summed E-state index contributed by atoms with van der Waals surface area (Å²) in [6.07, 6.45) is 3.51. The third-order valence-corrected chi connectivity index (χ3v) is 5.07. The predicted octanol–water partition coefficient (Wildman–Crippen LogP) is 3.82. The minimum atomic E-state index is 0.239. The first-order valence-corrected chi connectivity index (χ1v) is 8.27. The summed E-state index contributed by atoms with van der Waals surface area (Å²) in [5, 5.41) is 3.75. The van der Waals surface area contributed by atoms with E-state index in [0.29, 0.717) is 0 Å². The number of methoxy groups -OCH3 is 1. The Kier molecular flexibility index (Phi) is 5.33. The molecule has 0 aliphatic carbocycles. The van der Waals surface area contributed by atoms with E-state index < -0.39 is 0 Å². The highest BCUT2D eigenvalue weighted by Gasteiger charge is 2.30. The zero-order chi connectivity index (χ0) is 14.6. The fraction of sp³-hybridized carbons (Fsp3) is 0.625. The third-order valence-electron chi connectivity index (χ3n) is 4.45. The van der Waals surface area contributed by atoms with Crippen LogP contribution in [0.15, 0.2) is 22.7 Å². The molecular formula is C16H25BrN2O. The molecule has 1 saturated heterocycles. The molecule has 1 aliphatic rings. The van der Waals surface area contributed by atoms with Crippen LogP contribution >= 0.6 is 15.9 Å². The topological polar surface area (TPSA) is 24.5 Å². The second-order valence-corrected chi connectivity index (χ2v) is 6.36. The van der Waals surface area contributed by atoms with E-state index in [1.807, 2.05) is 6.07 Å². The number of hydrogen-bond acceptors (Lipinski definition) is 3. The number of hydrogen-bond donors (Lipinski definition) is 1. The Bertz CT molecular complexity index is 446. The Labute approximate surface area is 130 Å². The number of benzene rings is 1. The van der Waals surface area contributed by atoms with E-state index in [4.69, 9.17) is 4.74 Å². The molecule has 112 valence electrons. The van der Waals surface area contributed by atoms with E-state index in [2.05, 4.69) is 52.1 Å². The van der Waals surface area contributed by atoms with Crippen LogP contribution in [-0.2, 0) is 0 Å². The van der Waals surface area contributed by atoms with Crippen molar-refractivity contribution in [3.63, 3.8) is 0 Å². The summed E-state index contributed by atoms with van der Waals surface area (Å²) in [6, 6.07) is 6.36. The molecule has 1 aromatic carbocycles. The standard InChI is InChI=1S/C16H25BrN2O/c1-4-16(5-2)12-19(10-6-9-18-16)13-7-8-15(20-3)14(17)11-13/h7-8,11,18H,4-6,9-10,12H2,1-3H3. The minimum absolute atomic E-state index is 0.239. The average molecular weight is 341 g/mol. The van der Waals surface area contributed by atoms with E-state index in [1.54, 1.807) is 7.11 Å². The number of anilines is 1. The smallest absolute Gasteiger partial charge is 0.133 e. The van der Waals surface area contributed by atoms with E-state index in [-0.39, 0.29) is 5.54 Å². The van der Waals surface area contributed by atoms with Gasteiger partial charge in [0.25, 0.3) is 0 Å². The minimum Gasteiger partial charge on any atom is -0.496 e. The van der Waals surface area contributed by atoms with Gasteiger partial charge in [-0.25, -0.2) is 0 Å². The van der Waals surface area contributed by atoms with Crippen molar-refractivity contribution in [3.05, 3.63) is 22.7 Å². The van der Waals surface area contributed by atoms with Gasteiger partial charge in [-0.05, 0) is 59.9 Å². The van der Waals surface area contributed by atoms with Crippen LogP contribution in [0.1, 0.15) is 33.1 Å². The van der Waals surface area contributed by atoms with E-state index in [0.717, 1.165) is 42.7 Å². The second-order valence-electron chi connectivity index (χ2n) is 5.51. The molecule has 0 saturated carbocycles. The molecule has 0 aromatic heterocycles. The molecule has 1 fully saturated rings. The molecule has 0 atom stereocenters. The van der Waals surface area contributed by atoms with Crippen molar-refractivity contribution < 1.29 is 4.74 Å². The molecule has 0 spiro atoms. The largest absolute Gasteiger partial charge is 0.496 e. The zero-order valence-electron chi connectivity index (χ0n) is 12.7. The Balaban J connectivity index is 2.24. The highest BCUT2D eigenvalue weighted by molar-refractivity contribution is 9.10. The normalized spacial score (nSPS) is 18.7. The van der Waals surface area contributed by atoms with Gasteiger partial charge in [0.05, 0.1) is 11.6 Å². The molecule has 0 unspecified atom stereocenters. The lowest BCUT2D eigenvalue weighted by Crippen LogP contribution is -2.50. The van der Waals surface area contributed by atoms with Crippen LogP contribution in [0.3, 0.4) is 0 Å². The van der Waals surface area contributed by atoms with Crippen LogP contribution < -0.4 is 15.0 Å². The summed E-state index contributed by atoms with van der Waals surface area (Å²) in [5.41, 5.74) is 1.51. The Morgan fingerprint density at radius 1 is 1.35 bits per heavy atom. The Hall–Kier alpha value is -0.740. The lowest BCUT2D eigenvalue weighted by molar-refractivity contribution is 0.321. The second kappa shape index (κ2) is 6.81. The van der Waals surface area contributed by atoms with Crippen molar-refractivity contribution in [1.29, 1.82) is 0 Å². The number of nitrogens with zero attached hydrogens (tertiary/aromatic N) is 1. The Morgan fingerprint density at radius 2 is 2.10 bits per heavy atom. The van der Waals surface area contributed by atoms with E-state index in [1.165, 1.54) is 12.1 Å². The van der Waals surface area contributed by atoms with Crippen molar-refractivity contribution >= 4 is 21.6 Å². The zero-order valence-corrected chi connectivity index (χ0v) is 14.3. The maximum Gasteiger partial charge on any atom is 0.133 e. The summed E-state index contributed by atoms with van der Waals surface area (Å²) in [6.45, 7) is 7.84. The van der Waals surface area contributed by atoms with Gasteiger partial charge < -0.3 is 15.0 Å². The van der Waals surface area contributed by atoms with Crippen molar-refractivity contribution in [2.45, 2.75) is 38.6 Å². The molecule has 4 heteroatoms. The maximum absolute atomic E-state index is 5.32. The van der Waals surface area contributed by atoms with Gasteiger partial charge >= 0.3 is 0 Å². The summed E-state index contributed by atoms with van der Waals surface area (Å²) in [4.78, 5) is 2.50. The van der Waals surface area contributed by atoms with Gasteiger partial charge in [0.1, 0.15) is 5.75 Å². The van der Waals surface area contributed by atoms with Crippen molar-refractivity contribution in [2.24, 2.45) is 0 Å². The number of nitrogens with one attached hydrogen (secondary N) is 1. The monoisotopic (exact) mass is 340 g/mol. The van der Waals surface area contributed by atoms with Crippen molar-refractivity contribution in [3.8, 4) is 5.75 Å². The molecule has 1 N–H and O–H groups in total. The predicted molar refractivity (Wildman–Crippen MR) is 88.8 cm³/mol. The van der Waals surface area contributed by atoms with Gasteiger partial charge in [-0.1, -0.05) is 13.8 Å². The van der Waals surface area contributed by atoms with Gasteiger partial charge in [0, 0.05) is 24.3 Å². The summed E-state index contributed by atoms with van der Waals surface area (Å²) >= 11 is 3.59. The molecule has 1 aliphatic heterocycles. The van der Waals surface area contributed by atoms with Gasteiger partial charge in [-0.3, -0.25) is 0 Å². The summed E-state index contributed by atoms with van der Waals surface area (Å²) < 4.78 is 6.34. The van der Waals surface area contributed by atoms with Crippen molar-refractivity contribution in [1.82, 2.24) is 5.32 Å². The fourth-order valence-electron chi connectivity index (χ4n) is 2.92. The molecule has 20 heavy (non-hydrogen) atoms. The first-order chi connectivity index (χ1) is 9.64. The van der Waals surface area contributed by atoms with Crippen molar-refractivity contribution in [2.75, 3.05) is 31.6 Å². The van der Waals surface area contributed by atoms with Crippen LogP contribution in [0, 0.1) is 0 Å². The third kappa shape index (κ3) is 3.29. The number of ether oxygens (including phenoxy) is 1. The van der Waals surface area contributed by atoms with Gasteiger partial charge in [-0.2, -0.15) is 0 Å². The van der Waals surface area contributed by atoms with Gasteiger partial charge in [-0.15, -0.1) is 0 Å². The molecule has 1 heterocycles. The molecule has 0 radical (unpaired) electrons. The molecule has 2 rings (SSSR count). The van der Waals surface area contributed by atoms with E-state index in [9.17, 15) is 0 Å². The lowest BCUT2D eigenvalue weighted by atomic mass is 9.92. The van der Waals surface area contributed by atoms with Crippen LogP contribution in [-0.4, -0.2) is 32.3 Å². The van der Waals surface area contributed by atoms with Gasteiger partial charge in [0.15, 0.2) is 0 Å². The first kappa shape index (κ1) is 15.6. The van der Waals surface area contributed by atoms with Crippen LogP contribution in [0.2, 0.25) is 0 Å². The number of halogens is 1. The summed E-state index contributed by atoms with van der Waals surface area (Å²) in [7, 11) is 1.70. The fourth-order valence-corrected chi connectivity index (χ4v) is 3.45. The van der Waals surface area contributed by atoms with E-state index >= 15 is 0 Å². The molecule has 3 nitrogen and oxygen atoms in total. The first-order valence-electron chi connectivity index (χ1n) is 7.47. The summed E-state index contributed by atoms with van der Waals surface area (Å²) in [5.74, 6) is 0.888. The molecule has 1 aromatic rings. The SMILES string of the molecule is CCC1(CC)CN(c2ccc(OC)c(Br)c2)CCCN1. The highest BCUT2D eigenvalue weighted by Crippen LogP contribution is 2.31. The quantitative estimate of drug-likeness (QED) is 0.901. The number of rotatable bonds is 4. The Morgan fingerprint density at radius 3 is 2.70 bits per heavy atom. The lowest BCUT2D eigenvalue weighted by Gasteiger charge is -2.36. The molecule has 0 amide bonds. The maximum atomic E-state index is 5.32. The van der Waals surface area contributed by atoms with Crippen LogP contribution in [0.25, 0.3) is 0 Å². The molecular weight excluding hydrogens is 316 g/mol. The van der Waals surface area contributed by atoms with Crippen LogP contribution in [0.5, 0.6) is 5.75 Å². The highest BCUT2D eigenvalue weighted by atomic mass is 79.9. The van der Waals surface area contributed by atoms with Gasteiger partial charge in [0.2, 0.25) is 0 Å². The average Bonchev–Trinajstić information content (AvgIpc) is 2.70. The molecule has 0 bridgehead atoms.